The van der Waals surface area contributed by atoms with Crippen LogP contribution in [0.3, 0.4) is 0 Å². The molecule has 2 rings (SSSR count). The third kappa shape index (κ3) is 6.46. The molecular formula is C17H28N2O2. The van der Waals surface area contributed by atoms with Crippen molar-refractivity contribution in [2.45, 2.75) is 26.3 Å². The van der Waals surface area contributed by atoms with Crippen molar-refractivity contribution in [2.75, 3.05) is 46.0 Å². The SMILES string of the molecule is CCOc1cccc(CNCCCCN2CCOCC2)c1. The Bertz CT molecular complexity index is 392. The van der Waals surface area contributed by atoms with E-state index in [0.29, 0.717) is 0 Å². The minimum Gasteiger partial charge on any atom is -0.494 e. The van der Waals surface area contributed by atoms with Gasteiger partial charge in [-0.2, -0.15) is 0 Å². The third-order valence-electron chi connectivity index (χ3n) is 3.72. The molecule has 1 aromatic carbocycles. The summed E-state index contributed by atoms with van der Waals surface area (Å²) in [5, 5.41) is 3.51. The van der Waals surface area contributed by atoms with Crippen LogP contribution in [0.2, 0.25) is 0 Å². The second kappa shape index (κ2) is 9.77. The van der Waals surface area contributed by atoms with Gasteiger partial charge in [0.2, 0.25) is 0 Å². The van der Waals surface area contributed by atoms with Crippen LogP contribution >= 0.6 is 0 Å². The fourth-order valence-electron chi connectivity index (χ4n) is 2.55. The summed E-state index contributed by atoms with van der Waals surface area (Å²) in [6.45, 7) is 9.91. The van der Waals surface area contributed by atoms with Crippen LogP contribution in [-0.2, 0) is 11.3 Å². The summed E-state index contributed by atoms with van der Waals surface area (Å²) in [4.78, 5) is 2.50. The molecule has 4 heteroatoms. The Hall–Kier alpha value is -1.10. The number of nitrogens with zero attached hydrogens (tertiary/aromatic N) is 1. The molecule has 118 valence electrons. The highest BCUT2D eigenvalue weighted by molar-refractivity contribution is 5.28. The third-order valence-corrected chi connectivity index (χ3v) is 3.72. The molecule has 0 saturated carbocycles. The zero-order valence-electron chi connectivity index (χ0n) is 13.1. The number of benzene rings is 1. The predicted octanol–water partition coefficient (Wildman–Crippen LogP) is 2.29. The lowest BCUT2D eigenvalue weighted by Gasteiger charge is -2.26. The molecule has 0 unspecified atom stereocenters. The normalized spacial score (nSPS) is 16.0. The van der Waals surface area contributed by atoms with Crippen molar-refractivity contribution < 1.29 is 9.47 Å². The van der Waals surface area contributed by atoms with Crippen LogP contribution in [0.4, 0.5) is 0 Å². The lowest BCUT2D eigenvalue weighted by Crippen LogP contribution is -2.37. The largest absolute Gasteiger partial charge is 0.494 e. The molecule has 4 nitrogen and oxygen atoms in total. The Kier molecular flexibility index (Phi) is 7.57. The predicted molar refractivity (Wildman–Crippen MR) is 85.8 cm³/mol. The van der Waals surface area contributed by atoms with E-state index >= 15 is 0 Å². The molecule has 1 heterocycles. The van der Waals surface area contributed by atoms with Crippen molar-refractivity contribution in [1.82, 2.24) is 10.2 Å². The van der Waals surface area contributed by atoms with E-state index < -0.39 is 0 Å². The van der Waals surface area contributed by atoms with E-state index in [9.17, 15) is 0 Å². The van der Waals surface area contributed by atoms with Crippen LogP contribution < -0.4 is 10.1 Å². The summed E-state index contributed by atoms with van der Waals surface area (Å²) in [5.41, 5.74) is 1.29. The molecule has 1 N–H and O–H groups in total. The zero-order valence-corrected chi connectivity index (χ0v) is 13.1. The second-order valence-electron chi connectivity index (χ2n) is 5.42. The molecule has 0 spiro atoms. The van der Waals surface area contributed by atoms with Crippen LogP contribution in [0, 0.1) is 0 Å². The number of hydrogen-bond acceptors (Lipinski definition) is 4. The number of rotatable bonds is 9. The quantitative estimate of drug-likeness (QED) is 0.708. The van der Waals surface area contributed by atoms with Gasteiger partial charge in [-0.1, -0.05) is 12.1 Å². The van der Waals surface area contributed by atoms with E-state index in [4.69, 9.17) is 9.47 Å². The van der Waals surface area contributed by atoms with Crippen LogP contribution in [0.15, 0.2) is 24.3 Å². The highest BCUT2D eigenvalue weighted by atomic mass is 16.5. The first-order chi connectivity index (χ1) is 10.4. The fourth-order valence-corrected chi connectivity index (χ4v) is 2.55. The number of nitrogens with one attached hydrogen (secondary N) is 1. The average molecular weight is 292 g/mol. The fraction of sp³-hybridized carbons (Fsp3) is 0.647. The van der Waals surface area contributed by atoms with Crippen molar-refractivity contribution in [3.8, 4) is 5.75 Å². The molecule has 0 atom stereocenters. The molecule has 1 aliphatic rings. The van der Waals surface area contributed by atoms with Gasteiger partial charge in [-0.25, -0.2) is 0 Å². The van der Waals surface area contributed by atoms with Gasteiger partial charge in [-0.15, -0.1) is 0 Å². The van der Waals surface area contributed by atoms with Gasteiger partial charge in [0.05, 0.1) is 19.8 Å². The molecule has 0 aromatic heterocycles. The van der Waals surface area contributed by atoms with E-state index in [1.807, 2.05) is 13.0 Å². The Labute approximate surface area is 128 Å². The van der Waals surface area contributed by atoms with E-state index in [0.717, 1.165) is 51.7 Å². The molecular weight excluding hydrogens is 264 g/mol. The van der Waals surface area contributed by atoms with E-state index in [1.165, 1.54) is 24.9 Å². The van der Waals surface area contributed by atoms with Crippen molar-refractivity contribution in [1.29, 1.82) is 0 Å². The first-order valence-electron chi connectivity index (χ1n) is 8.11. The van der Waals surface area contributed by atoms with E-state index in [1.54, 1.807) is 0 Å². The summed E-state index contributed by atoms with van der Waals surface area (Å²) in [6, 6.07) is 8.32. The Morgan fingerprint density at radius 2 is 2.10 bits per heavy atom. The molecule has 1 aromatic rings. The maximum absolute atomic E-state index is 5.52. The first kappa shape index (κ1) is 16.3. The van der Waals surface area contributed by atoms with Crippen LogP contribution in [0.25, 0.3) is 0 Å². The minimum atomic E-state index is 0.721. The lowest BCUT2D eigenvalue weighted by atomic mass is 10.2. The molecule has 0 amide bonds. The van der Waals surface area contributed by atoms with Gasteiger partial charge >= 0.3 is 0 Å². The summed E-state index contributed by atoms with van der Waals surface area (Å²) < 4.78 is 10.9. The maximum Gasteiger partial charge on any atom is 0.119 e. The van der Waals surface area contributed by atoms with Crippen molar-refractivity contribution >= 4 is 0 Å². The topological polar surface area (TPSA) is 33.7 Å². The van der Waals surface area contributed by atoms with Gasteiger partial charge in [-0.3, -0.25) is 4.90 Å². The average Bonchev–Trinajstić information content (AvgIpc) is 2.52. The Morgan fingerprint density at radius 1 is 1.24 bits per heavy atom. The maximum atomic E-state index is 5.52. The number of ether oxygens (including phenoxy) is 2. The Morgan fingerprint density at radius 3 is 2.90 bits per heavy atom. The standard InChI is InChI=1S/C17H28N2O2/c1-2-21-17-7-5-6-16(14-17)15-18-8-3-4-9-19-10-12-20-13-11-19/h5-7,14,18H,2-4,8-13,15H2,1H3. The van der Waals surface area contributed by atoms with Crippen LogP contribution in [-0.4, -0.2) is 50.9 Å². The number of hydrogen-bond donors (Lipinski definition) is 1. The van der Waals surface area contributed by atoms with Gasteiger partial charge in [-0.05, 0) is 50.6 Å². The molecule has 1 saturated heterocycles. The molecule has 0 aliphatic carbocycles. The number of morpholine rings is 1. The van der Waals surface area contributed by atoms with Gasteiger partial charge in [0.15, 0.2) is 0 Å². The molecule has 21 heavy (non-hydrogen) atoms. The molecule has 0 bridgehead atoms. The zero-order chi connectivity index (χ0) is 14.8. The summed E-state index contributed by atoms with van der Waals surface area (Å²) in [7, 11) is 0. The highest BCUT2D eigenvalue weighted by Gasteiger charge is 2.08. The van der Waals surface area contributed by atoms with Crippen LogP contribution in [0.1, 0.15) is 25.3 Å². The number of unbranched alkanes of at least 4 members (excludes halogenated alkanes) is 1. The first-order valence-corrected chi connectivity index (χ1v) is 8.11. The monoisotopic (exact) mass is 292 g/mol. The van der Waals surface area contributed by atoms with Crippen molar-refractivity contribution in [3.63, 3.8) is 0 Å². The summed E-state index contributed by atoms with van der Waals surface area (Å²) in [6.07, 6.45) is 2.48. The van der Waals surface area contributed by atoms with Crippen molar-refractivity contribution in [2.24, 2.45) is 0 Å². The van der Waals surface area contributed by atoms with Gasteiger partial charge in [0.25, 0.3) is 0 Å². The Balaban J connectivity index is 1.53. The molecule has 0 radical (unpaired) electrons. The lowest BCUT2D eigenvalue weighted by molar-refractivity contribution is 0.0372. The smallest absolute Gasteiger partial charge is 0.119 e. The van der Waals surface area contributed by atoms with E-state index in [-0.39, 0.29) is 0 Å². The van der Waals surface area contributed by atoms with Gasteiger partial charge < -0.3 is 14.8 Å². The van der Waals surface area contributed by atoms with Gasteiger partial charge in [0.1, 0.15) is 5.75 Å². The molecule has 1 aliphatic heterocycles. The van der Waals surface area contributed by atoms with Crippen molar-refractivity contribution in [3.05, 3.63) is 29.8 Å². The summed E-state index contributed by atoms with van der Waals surface area (Å²) in [5.74, 6) is 0.962. The molecule has 1 fully saturated rings. The highest BCUT2D eigenvalue weighted by Crippen LogP contribution is 2.12. The van der Waals surface area contributed by atoms with Gasteiger partial charge in [0, 0.05) is 19.6 Å². The minimum absolute atomic E-state index is 0.721. The van der Waals surface area contributed by atoms with E-state index in [2.05, 4.69) is 28.4 Å². The van der Waals surface area contributed by atoms with Crippen LogP contribution in [0.5, 0.6) is 5.75 Å². The second-order valence-corrected chi connectivity index (χ2v) is 5.42. The summed E-state index contributed by atoms with van der Waals surface area (Å²) >= 11 is 0.